The maximum absolute atomic E-state index is 12.9. The Balaban J connectivity index is 2.73. The molecule has 21 heavy (non-hydrogen) atoms. The number of benzene rings is 1. The summed E-state index contributed by atoms with van der Waals surface area (Å²) in [6.45, 7) is 4.91. The van der Waals surface area contributed by atoms with Crippen LogP contribution in [0.5, 0.6) is 0 Å². The Morgan fingerprint density at radius 3 is 2.38 bits per heavy atom. The summed E-state index contributed by atoms with van der Waals surface area (Å²) in [6.07, 6.45) is -5.21. The lowest BCUT2D eigenvalue weighted by atomic mass is 10.0. The van der Waals surface area contributed by atoms with Crippen molar-refractivity contribution in [3.63, 3.8) is 0 Å². The van der Waals surface area contributed by atoms with Gasteiger partial charge < -0.3 is 15.8 Å². The van der Waals surface area contributed by atoms with Crippen molar-refractivity contribution in [3.8, 4) is 0 Å². The Hall–Kier alpha value is -1.76. The van der Waals surface area contributed by atoms with Crippen LogP contribution in [0.25, 0.3) is 0 Å². The molecule has 0 aromatic heterocycles. The molecule has 0 unspecified atom stereocenters. The van der Waals surface area contributed by atoms with Gasteiger partial charge in [-0.1, -0.05) is 18.2 Å². The fourth-order valence-corrected chi connectivity index (χ4v) is 1.70. The third kappa shape index (κ3) is 5.63. The minimum absolute atomic E-state index is 0.0685. The van der Waals surface area contributed by atoms with Gasteiger partial charge in [-0.2, -0.15) is 13.2 Å². The standard InChI is InChI=1S/C14H19F3N2O2/c1-13(2,3)21-12(20)19-8-11(18)9-6-4-5-7-10(9)14(15,16)17/h4-7,11H,8,18H2,1-3H3,(H,19,20)/t11-/m0/s1. The molecule has 118 valence electrons. The molecule has 1 aromatic rings. The van der Waals surface area contributed by atoms with Crippen LogP contribution in [-0.2, 0) is 10.9 Å². The Labute approximate surface area is 121 Å². The van der Waals surface area contributed by atoms with E-state index in [1.807, 2.05) is 0 Å². The number of nitrogens with two attached hydrogens (primary N) is 1. The average molecular weight is 304 g/mol. The van der Waals surface area contributed by atoms with Crippen molar-refractivity contribution in [2.45, 2.75) is 38.6 Å². The molecule has 0 bridgehead atoms. The number of ether oxygens (including phenoxy) is 1. The van der Waals surface area contributed by atoms with E-state index in [-0.39, 0.29) is 12.1 Å². The van der Waals surface area contributed by atoms with Gasteiger partial charge in [-0.3, -0.25) is 0 Å². The van der Waals surface area contributed by atoms with Crippen LogP contribution in [-0.4, -0.2) is 18.2 Å². The van der Waals surface area contributed by atoms with E-state index >= 15 is 0 Å². The highest BCUT2D eigenvalue weighted by atomic mass is 19.4. The molecule has 3 N–H and O–H groups in total. The summed E-state index contributed by atoms with van der Waals surface area (Å²) < 4.78 is 43.6. The number of carbonyl (C=O) groups is 1. The highest BCUT2D eigenvalue weighted by molar-refractivity contribution is 5.67. The zero-order chi connectivity index (χ0) is 16.3. The van der Waals surface area contributed by atoms with E-state index in [0.717, 1.165) is 6.07 Å². The molecule has 0 heterocycles. The molecule has 1 rings (SSSR count). The fraction of sp³-hybridized carbons (Fsp3) is 0.500. The zero-order valence-electron chi connectivity index (χ0n) is 12.1. The number of nitrogens with one attached hydrogen (secondary N) is 1. The van der Waals surface area contributed by atoms with Crippen molar-refractivity contribution < 1.29 is 22.7 Å². The predicted molar refractivity (Wildman–Crippen MR) is 72.6 cm³/mol. The van der Waals surface area contributed by atoms with E-state index in [9.17, 15) is 18.0 Å². The van der Waals surface area contributed by atoms with Gasteiger partial charge >= 0.3 is 12.3 Å². The summed E-state index contributed by atoms with van der Waals surface area (Å²) in [5.74, 6) is 0. The van der Waals surface area contributed by atoms with Gasteiger partial charge in [-0.25, -0.2) is 4.79 Å². The zero-order valence-corrected chi connectivity index (χ0v) is 12.1. The Morgan fingerprint density at radius 1 is 1.29 bits per heavy atom. The normalized spacial score (nSPS) is 13.7. The lowest BCUT2D eigenvalue weighted by Gasteiger charge is -2.22. The first kappa shape index (κ1) is 17.3. The van der Waals surface area contributed by atoms with Gasteiger partial charge in [0.05, 0.1) is 5.56 Å². The maximum atomic E-state index is 12.9. The van der Waals surface area contributed by atoms with Crippen LogP contribution >= 0.6 is 0 Å². The van der Waals surface area contributed by atoms with Crippen LogP contribution in [0.3, 0.4) is 0 Å². The monoisotopic (exact) mass is 304 g/mol. The smallest absolute Gasteiger partial charge is 0.416 e. The van der Waals surface area contributed by atoms with Crippen molar-refractivity contribution >= 4 is 6.09 Å². The molecule has 0 aliphatic rings. The number of hydrogen-bond acceptors (Lipinski definition) is 3. The van der Waals surface area contributed by atoms with Crippen LogP contribution in [0.2, 0.25) is 0 Å². The topological polar surface area (TPSA) is 64.3 Å². The van der Waals surface area contributed by atoms with E-state index in [0.29, 0.717) is 0 Å². The molecule has 1 atom stereocenters. The molecular weight excluding hydrogens is 285 g/mol. The second-order valence-electron chi connectivity index (χ2n) is 5.57. The number of halogens is 3. The number of rotatable bonds is 3. The lowest BCUT2D eigenvalue weighted by molar-refractivity contribution is -0.138. The van der Waals surface area contributed by atoms with Gasteiger partial charge in [-0.15, -0.1) is 0 Å². The summed E-state index contributed by atoms with van der Waals surface area (Å²) >= 11 is 0. The predicted octanol–water partition coefficient (Wildman–Crippen LogP) is 3.23. The first-order chi connectivity index (χ1) is 9.50. The van der Waals surface area contributed by atoms with Gasteiger partial charge in [0.15, 0.2) is 0 Å². The number of amides is 1. The van der Waals surface area contributed by atoms with E-state index < -0.39 is 29.5 Å². The second kappa shape index (κ2) is 6.34. The van der Waals surface area contributed by atoms with Gasteiger partial charge in [-0.05, 0) is 32.4 Å². The maximum Gasteiger partial charge on any atom is 0.416 e. The van der Waals surface area contributed by atoms with Gasteiger partial charge in [0.25, 0.3) is 0 Å². The number of hydrogen-bond donors (Lipinski definition) is 2. The first-order valence-corrected chi connectivity index (χ1v) is 6.39. The molecule has 4 nitrogen and oxygen atoms in total. The van der Waals surface area contributed by atoms with Crippen LogP contribution in [0.4, 0.5) is 18.0 Å². The van der Waals surface area contributed by atoms with Gasteiger partial charge in [0.1, 0.15) is 5.60 Å². The van der Waals surface area contributed by atoms with Crippen LogP contribution in [0.1, 0.15) is 37.9 Å². The molecule has 0 spiro atoms. The summed E-state index contributed by atoms with van der Waals surface area (Å²) in [5, 5.41) is 2.36. The molecule has 0 aliphatic carbocycles. The largest absolute Gasteiger partial charge is 0.444 e. The first-order valence-electron chi connectivity index (χ1n) is 6.39. The summed E-state index contributed by atoms with van der Waals surface area (Å²) in [6, 6.07) is 4.04. The SMILES string of the molecule is CC(C)(C)OC(=O)NC[C@H](N)c1ccccc1C(F)(F)F. The number of alkyl carbamates (subject to hydrolysis) is 1. The van der Waals surface area contributed by atoms with E-state index in [1.165, 1.54) is 18.2 Å². The summed E-state index contributed by atoms with van der Waals surface area (Å²) in [5.41, 5.74) is 4.18. The molecule has 0 radical (unpaired) electrons. The minimum atomic E-state index is -4.49. The second-order valence-corrected chi connectivity index (χ2v) is 5.57. The minimum Gasteiger partial charge on any atom is -0.444 e. The summed E-state index contributed by atoms with van der Waals surface area (Å²) in [4.78, 5) is 11.5. The van der Waals surface area contributed by atoms with E-state index in [4.69, 9.17) is 10.5 Å². The fourth-order valence-electron chi connectivity index (χ4n) is 1.70. The van der Waals surface area contributed by atoms with Crippen molar-refractivity contribution in [1.82, 2.24) is 5.32 Å². The van der Waals surface area contributed by atoms with E-state index in [1.54, 1.807) is 20.8 Å². The molecule has 0 saturated carbocycles. The lowest BCUT2D eigenvalue weighted by Crippen LogP contribution is -2.37. The Morgan fingerprint density at radius 2 is 1.86 bits per heavy atom. The molecule has 7 heteroatoms. The van der Waals surface area contributed by atoms with Crippen molar-refractivity contribution in [1.29, 1.82) is 0 Å². The highest BCUT2D eigenvalue weighted by Gasteiger charge is 2.34. The van der Waals surface area contributed by atoms with Gasteiger partial charge in [0, 0.05) is 12.6 Å². The van der Waals surface area contributed by atoms with Crippen molar-refractivity contribution in [2.24, 2.45) is 5.73 Å². The van der Waals surface area contributed by atoms with Crippen molar-refractivity contribution in [3.05, 3.63) is 35.4 Å². The average Bonchev–Trinajstić information content (AvgIpc) is 2.33. The van der Waals surface area contributed by atoms with Gasteiger partial charge in [0.2, 0.25) is 0 Å². The summed E-state index contributed by atoms with van der Waals surface area (Å²) in [7, 11) is 0. The van der Waals surface area contributed by atoms with Crippen LogP contribution < -0.4 is 11.1 Å². The molecule has 1 amide bonds. The quantitative estimate of drug-likeness (QED) is 0.901. The number of alkyl halides is 3. The highest BCUT2D eigenvalue weighted by Crippen LogP contribution is 2.33. The van der Waals surface area contributed by atoms with Crippen molar-refractivity contribution in [2.75, 3.05) is 6.54 Å². The third-order valence-corrected chi connectivity index (χ3v) is 2.53. The molecule has 1 aromatic carbocycles. The molecular formula is C14H19F3N2O2. The van der Waals surface area contributed by atoms with E-state index in [2.05, 4.69) is 5.32 Å². The molecule has 0 aliphatic heterocycles. The number of carbonyl (C=O) groups excluding carboxylic acids is 1. The van der Waals surface area contributed by atoms with Crippen LogP contribution in [0.15, 0.2) is 24.3 Å². The van der Waals surface area contributed by atoms with Crippen LogP contribution in [0, 0.1) is 0 Å². The molecule has 0 saturated heterocycles. The Bertz CT molecular complexity index is 496. The molecule has 0 fully saturated rings. The Kier molecular flexibility index (Phi) is 5.22. The third-order valence-electron chi connectivity index (χ3n) is 2.53.